The molecule has 1 aromatic carbocycles. The van der Waals surface area contributed by atoms with Crippen molar-refractivity contribution >= 4 is 23.3 Å². The molecule has 6 nitrogen and oxygen atoms in total. The van der Waals surface area contributed by atoms with Crippen LogP contribution in [0.4, 0.5) is 10.5 Å². The van der Waals surface area contributed by atoms with Gasteiger partial charge in [0.15, 0.2) is 0 Å². The van der Waals surface area contributed by atoms with Gasteiger partial charge in [-0.15, -0.1) is 0 Å². The van der Waals surface area contributed by atoms with E-state index in [2.05, 4.69) is 20.6 Å². The van der Waals surface area contributed by atoms with Crippen molar-refractivity contribution < 1.29 is 4.79 Å². The van der Waals surface area contributed by atoms with E-state index >= 15 is 0 Å². The van der Waals surface area contributed by atoms with Gasteiger partial charge in [0.2, 0.25) is 0 Å². The maximum absolute atomic E-state index is 12.2. The van der Waals surface area contributed by atoms with Crippen molar-refractivity contribution in [2.24, 2.45) is 0 Å². The summed E-state index contributed by atoms with van der Waals surface area (Å²) in [7, 11) is 0. The number of carbonyl (C=O) groups is 1. The summed E-state index contributed by atoms with van der Waals surface area (Å²) in [5.41, 5.74) is 1.87. The Kier molecular flexibility index (Phi) is 5.94. The summed E-state index contributed by atoms with van der Waals surface area (Å²) < 4.78 is 1.77. The Balaban J connectivity index is 1.61. The Morgan fingerprint density at radius 3 is 2.64 bits per heavy atom. The van der Waals surface area contributed by atoms with Gasteiger partial charge in [-0.25, -0.2) is 4.79 Å². The van der Waals surface area contributed by atoms with Gasteiger partial charge in [0.05, 0.1) is 17.9 Å². The Hall–Kier alpha value is -2.05. The van der Waals surface area contributed by atoms with Crippen LogP contribution in [-0.2, 0) is 6.54 Å². The standard InChI is InChI=1S/C18H24ClN5O/c1-2-24-13-16(11-21-24)22-18(25)20-12-17(23-9-3-4-10-23)14-5-7-15(19)8-6-14/h5-8,11,13,17H,2-4,9-10,12H2,1H3,(H2,20,22,25)/t17-/m1/s1. The lowest BCUT2D eigenvalue weighted by Crippen LogP contribution is -2.38. The molecular weight excluding hydrogens is 338 g/mol. The average molecular weight is 362 g/mol. The molecule has 2 amide bonds. The number of hydrogen-bond acceptors (Lipinski definition) is 3. The Morgan fingerprint density at radius 2 is 2.00 bits per heavy atom. The first kappa shape index (κ1) is 17.8. The average Bonchev–Trinajstić information content (AvgIpc) is 3.28. The van der Waals surface area contributed by atoms with Gasteiger partial charge in [0.25, 0.3) is 0 Å². The minimum atomic E-state index is -0.214. The van der Waals surface area contributed by atoms with Gasteiger partial charge >= 0.3 is 6.03 Å². The fraction of sp³-hybridized carbons (Fsp3) is 0.444. The molecule has 134 valence electrons. The molecule has 0 bridgehead atoms. The third-order valence-electron chi connectivity index (χ3n) is 4.51. The van der Waals surface area contributed by atoms with Crippen molar-refractivity contribution in [3.05, 3.63) is 47.2 Å². The smallest absolute Gasteiger partial charge is 0.319 e. The molecule has 2 heterocycles. The van der Waals surface area contributed by atoms with Crippen LogP contribution < -0.4 is 10.6 Å². The van der Waals surface area contributed by atoms with Gasteiger partial charge in [0, 0.05) is 24.3 Å². The first-order chi connectivity index (χ1) is 12.2. The van der Waals surface area contributed by atoms with Crippen molar-refractivity contribution in [3.8, 4) is 0 Å². The number of nitrogens with zero attached hydrogens (tertiary/aromatic N) is 3. The molecule has 1 atom stereocenters. The monoisotopic (exact) mass is 361 g/mol. The summed E-state index contributed by atoms with van der Waals surface area (Å²) in [6, 6.07) is 7.82. The number of halogens is 1. The number of nitrogens with one attached hydrogen (secondary N) is 2. The molecule has 1 fully saturated rings. The van der Waals surface area contributed by atoms with Crippen LogP contribution in [0.15, 0.2) is 36.7 Å². The zero-order chi connectivity index (χ0) is 17.6. The zero-order valence-corrected chi connectivity index (χ0v) is 15.2. The number of carbonyl (C=O) groups excluding carboxylic acids is 1. The van der Waals surface area contributed by atoms with Crippen molar-refractivity contribution in [1.82, 2.24) is 20.0 Å². The summed E-state index contributed by atoms with van der Waals surface area (Å²) in [5, 5.41) is 10.7. The van der Waals surface area contributed by atoms with Crippen molar-refractivity contribution in [2.45, 2.75) is 32.4 Å². The van der Waals surface area contributed by atoms with Crippen LogP contribution in [-0.4, -0.2) is 40.3 Å². The molecule has 1 aliphatic rings. The Labute approximate surface area is 153 Å². The molecule has 0 saturated carbocycles. The largest absolute Gasteiger partial charge is 0.336 e. The second kappa shape index (κ2) is 8.36. The van der Waals surface area contributed by atoms with E-state index in [1.165, 1.54) is 18.4 Å². The van der Waals surface area contributed by atoms with Crippen LogP contribution in [0, 0.1) is 0 Å². The molecule has 2 aromatic rings. The highest BCUT2D eigenvalue weighted by Crippen LogP contribution is 2.25. The van der Waals surface area contributed by atoms with Gasteiger partial charge in [-0.1, -0.05) is 23.7 Å². The molecular formula is C18H24ClN5O. The van der Waals surface area contributed by atoms with Crippen molar-refractivity contribution in [1.29, 1.82) is 0 Å². The van der Waals surface area contributed by atoms with E-state index < -0.39 is 0 Å². The zero-order valence-electron chi connectivity index (χ0n) is 14.4. The second-order valence-electron chi connectivity index (χ2n) is 6.23. The predicted octanol–water partition coefficient (Wildman–Crippen LogP) is 3.52. The minimum absolute atomic E-state index is 0.156. The van der Waals surface area contributed by atoms with Crippen LogP contribution >= 0.6 is 11.6 Å². The van der Waals surface area contributed by atoms with Gasteiger partial charge in [-0.2, -0.15) is 5.10 Å². The molecule has 0 aliphatic carbocycles. The molecule has 3 rings (SSSR count). The van der Waals surface area contributed by atoms with E-state index in [1.54, 1.807) is 10.9 Å². The lowest BCUT2D eigenvalue weighted by atomic mass is 10.1. The van der Waals surface area contributed by atoms with Gasteiger partial charge in [-0.3, -0.25) is 9.58 Å². The lowest BCUT2D eigenvalue weighted by molar-refractivity contribution is 0.227. The third kappa shape index (κ3) is 4.74. The quantitative estimate of drug-likeness (QED) is 0.827. The highest BCUT2D eigenvalue weighted by molar-refractivity contribution is 6.30. The molecule has 0 unspecified atom stereocenters. The van der Waals surface area contributed by atoms with Crippen LogP contribution in [0.2, 0.25) is 5.02 Å². The van der Waals surface area contributed by atoms with Crippen LogP contribution in [0.25, 0.3) is 0 Å². The Morgan fingerprint density at radius 1 is 1.28 bits per heavy atom. The molecule has 25 heavy (non-hydrogen) atoms. The number of likely N-dealkylation sites (tertiary alicyclic amines) is 1. The predicted molar refractivity (Wildman–Crippen MR) is 99.9 cm³/mol. The molecule has 1 saturated heterocycles. The summed E-state index contributed by atoms with van der Waals surface area (Å²) in [6.45, 7) is 5.44. The number of aryl methyl sites for hydroxylation is 1. The maximum Gasteiger partial charge on any atom is 0.319 e. The highest BCUT2D eigenvalue weighted by Gasteiger charge is 2.24. The summed E-state index contributed by atoms with van der Waals surface area (Å²) in [5.74, 6) is 0. The number of amides is 2. The molecule has 1 aromatic heterocycles. The van der Waals surface area contributed by atoms with E-state index in [1.807, 2.05) is 37.4 Å². The van der Waals surface area contributed by atoms with Crippen molar-refractivity contribution in [3.63, 3.8) is 0 Å². The fourth-order valence-electron chi connectivity index (χ4n) is 3.16. The van der Waals surface area contributed by atoms with Crippen LogP contribution in [0.1, 0.15) is 31.4 Å². The summed E-state index contributed by atoms with van der Waals surface area (Å²) >= 11 is 6.01. The van der Waals surface area contributed by atoms with Gasteiger partial charge < -0.3 is 10.6 Å². The molecule has 0 radical (unpaired) electrons. The second-order valence-corrected chi connectivity index (χ2v) is 6.67. The van der Waals surface area contributed by atoms with Crippen LogP contribution in [0.5, 0.6) is 0 Å². The highest BCUT2D eigenvalue weighted by atomic mass is 35.5. The normalized spacial score (nSPS) is 15.9. The van der Waals surface area contributed by atoms with E-state index in [0.717, 1.165) is 24.7 Å². The molecule has 2 N–H and O–H groups in total. The first-order valence-corrected chi connectivity index (χ1v) is 9.10. The number of aromatic nitrogens is 2. The molecule has 7 heteroatoms. The van der Waals surface area contributed by atoms with E-state index in [0.29, 0.717) is 12.2 Å². The molecule has 1 aliphatic heterocycles. The van der Waals surface area contributed by atoms with Crippen LogP contribution in [0.3, 0.4) is 0 Å². The van der Waals surface area contributed by atoms with E-state index in [-0.39, 0.29) is 12.1 Å². The van der Waals surface area contributed by atoms with Gasteiger partial charge in [0.1, 0.15) is 0 Å². The Bertz CT molecular complexity index is 694. The third-order valence-corrected chi connectivity index (χ3v) is 4.76. The first-order valence-electron chi connectivity index (χ1n) is 8.72. The van der Waals surface area contributed by atoms with Crippen molar-refractivity contribution in [2.75, 3.05) is 25.0 Å². The van der Waals surface area contributed by atoms with Gasteiger partial charge in [-0.05, 0) is 50.6 Å². The van der Waals surface area contributed by atoms with E-state index in [4.69, 9.17) is 11.6 Å². The number of hydrogen-bond donors (Lipinski definition) is 2. The maximum atomic E-state index is 12.2. The number of anilines is 1. The summed E-state index contributed by atoms with van der Waals surface area (Å²) in [4.78, 5) is 14.6. The van der Waals surface area contributed by atoms with E-state index in [9.17, 15) is 4.79 Å². The minimum Gasteiger partial charge on any atom is -0.336 e. The lowest BCUT2D eigenvalue weighted by Gasteiger charge is -2.28. The summed E-state index contributed by atoms with van der Waals surface area (Å²) in [6.07, 6.45) is 5.87. The fourth-order valence-corrected chi connectivity index (χ4v) is 3.29. The SMILES string of the molecule is CCn1cc(NC(=O)NC[C@H](c2ccc(Cl)cc2)N2CCCC2)cn1. The number of urea groups is 1. The topological polar surface area (TPSA) is 62.2 Å². The number of rotatable bonds is 6. The number of benzene rings is 1. The molecule has 0 spiro atoms.